The first-order chi connectivity index (χ1) is 16.8. The highest BCUT2D eigenvalue weighted by atomic mass is 35.5. The van der Waals surface area contributed by atoms with Gasteiger partial charge in [-0.2, -0.15) is 5.26 Å². The molecular weight excluding hydrogens is 487 g/mol. The molecule has 0 fully saturated rings. The van der Waals surface area contributed by atoms with Crippen molar-refractivity contribution in [2.45, 2.75) is 13.0 Å². The molecule has 6 nitrogen and oxygen atoms in total. The summed E-state index contributed by atoms with van der Waals surface area (Å²) in [7, 11) is 1.51. The van der Waals surface area contributed by atoms with Crippen molar-refractivity contribution in [3.63, 3.8) is 0 Å². The van der Waals surface area contributed by atoms with E-state index in [1.807, 2.05) is 6.07 Å². The Kier molecular flexibility index (Phi) is 8.80. The van der Waals surface area contributed by atoms with Gasteiger partial charge < -0.3 is 19.9 Å². The molecule has 0 atom stereocenters. The van der Waals surface area contributed by atoms with E-state index in [-0.39, 0.29) is 17.9 Å². The molecule has 0 aromatic heterocycles. The van der Waals surface area contributed by atoms with E-state index in [0.717, 1.165) is 11.1 Å². The highest BCUT2D eigenvalue weighted by Crippen LogP contribution is 2.35. The minimum absolute atomic E-state index is 0.0709. The van der Waals surface area contributed by atoms with Gasteiger partial charge in [0.25, 0.3) is 5.91 Å². The molecule has 0 radical (unpaired) electrons. The minimum atomic E-state index is -0.583. The molecule has 0 heterocycles. The standard InChI is InChI=1S/C27H22Cl2N2O4/c1-3-4-18-11-17(12-20(15-30)27(33)31-22-7-9-23(32)10-8-22)13-25(34-2)26(18)35-16-19-5-6-21(28)14-24(19)29/h3,5-14,32H,1,4,16H2,2H3,(H,31,33)/b20-12+. The molecule has 1 amide bonds. The lowest BCUT2D eigenvalue weighted by Gasteiger charge is -2.16. The van der Waals surface area contributed by atoms with Gasteiger partial charge in [0, 0.05) is 26.9 Å². The number of hydrogen-bond acceptors (Lipinski definition) is 5. The third-order valence-electron chi connectivity index (χ3n) is 4.93. The molecule has 0 unspecified atom stereocenters. The number of ether oxygens (including phenoxy) is 2. The fraction of sp³-hybridized carbons (Fsp3) is 0.111. The third-order valence-corrected chi connectivity index (χ3v) is 5.51. The van der Waals surface area contributed by atoms with E-state index in [1.165, 1.54) is 37.5 Å². The molecule has 178 valence electrons. The second kappa shape index (κ2) is 12.0. The zero-order chi connectivity index (χ0) is 25.4. The summed E-state index contributed by atoms with van der Waals surface area (Å²) in [5.74, 6) is 0.418. The van der Waals surface area contributed by atoms with Gasteiger partial charge in [0.05, 0.1) is 7.11 Å². The van der Waals surface area contributed by atoms with E-state index >= 15 is 0 Å². The van der Waals surface area contributed by atoms with Crippen molar-refractivity contribution in [2.75, 3.05) is 12.4 Å². The quantitative estimate of drug-likeness (QED) is 0.148. The molecule has 3 aromatic rings. The van der Waals surface area contributed by atoms with Gasteiger partial charge in [-0.05, 0) is 66.6 Å². The van der Waals surface area contributed by atoms with Crippen LogP contribution in [0, 0.1) is 11.3 Å². The third kappa shape index (κ3) is 6.80. The topological polar surface area (TPSA) is 91.6 Å². The SMILES string of the molecule is C=CCc1cc(/C=C(\C#N)C(=O)Nc2ccc(O)cc2)cc(OC)c1OCc1ccc(Cl)cc1Cl. The molecule has 0 aliphatic carbocycles. The summed E-state index contributed by atoms with van der Waals surface area (Å²) in [6.45, 7) is 3.99. The minimum Gasteiger partial charge on any atom is -0.508 e. The Morgan fingerprint density at radius 2 is 1.89 bits per heavy atom. The molecule has 0 saturated heterocycles. The van der Waals surface area contributed by atoms with Crippen LogP contribution in [0.3, 0.4) is 0 Å². The van der Waals surface area contributed by atoms with Crippen molar-refractivity contribution in [1.29, 1.82) is 5.26 Å². The van der Waals surface area contributed by atoms with Crippen LogP contribution in [0.25, 0.3) is 6.08 Å². The van der Waals surface area contributed by atoms with E-state index in [4.69, 9.17) is 32.7 Å². The molecule has 2 N–H and O–H groups in total. The van der Waals surface area contributed by atoms with Crippen LogP contribution in [0.1, 0.15) is 16.7 Å². The molecule has 8 heteroatoms. The Balaban J connectivity index is 1.90. The molecule has 35 heavy (non-hydrogen) atoms. The number of halogens is 2. The second-order valence-electron chi connectivity index (χ2n) is 7.40. The summed E-state index contributed by atoms with van der Waals surface area (Å²) in [4.78, 5) is 12.6. The maximum absolute atomic E-state index is 12.6. The normalized spacial score (nSPS) is 10.9. The van der Waals surface area contributed by atoms with Gasteiger partial charge in [0.2, 0.25) is 0 Å². The number of phenols is 1. The number of hydrogen-bond donors (Lipinski definition) is 2. The maximum Gasteiger partial charge on any atom is 0.266 e. The van der Waals surface area contributed by atoms with Gasteiger partial charge in [0.15, 0.2) is 11.5 Å². The molecule has 3 aromatic carbocycles. The van der Waals surface area contributed by atoms with Crippen molar-refractivity contribution < 1.29 is 19.4 Å². The number of rotatable bonds is 9. The number of nitrogens with zero attached hydrogens (tertiary/aromatic N) is 1. The van der Waals surface area contributed by atoms with E-state index in [9.17, 15) is 15.2 Å². The van der Waals surface area contributed by atoms with Crippen LogP contribution in [0.5, 0.6) is 17.2 Å². The number of carbonyl (C=O) groups excluding carboxylic acids is 1. The number of phenolic OH excluding ortho intramolecular Hbond substituents is 1. The summed E-state index contributed by atoms with van der Waals surface area (Å²) in [5.41, 5.74) is 2.43. The maximum atomic E-state index is 12.6. The fourth-order valence-electron chi connectivity index (χ4n) is 3.24. The highest BCUT2D eigenvalue weighted by Gasteiger charge is 2.16. The van der Waals surface area contributed by atoms with Crippen molar-refractivity contribution in [3.8, 4) is 23.3 Å². The Morgan fingerprint density at radius 1 is 1.14 bits per heavy atom. The van der Waals surface area contributed by atoms with Gasteiger partial charge >= 0.3 is 0 Å². The van der Waals surface area contributed by atoms with E-state index in [2.05, 4.69) is 11.9 Å². The summed E-state index contributed by atoms with van der Waals surface area (Å²) in [6, 6.07) is 16.5. The monoisotopic (exact) mass is 508 g/mol. The van der Waals surface area contributed by atoms with Crippen LogP contribution >= 0.6 is 23.2 Å². The Bertz CT molecular complexity index is 1310. The smallest absolute Gasteiger partial charge is 0.266 e. The number of nitrogens with one attached hydrogen (secondary N) is 1. The molecule has 0 bridgehead atoms. The average Bonchev–Trinajstić information content (AvgIpc) is 2.84. The number of aromatic hydroxyl groups is 1. The number of anilines is 1. The number of nitriles is 1. The zero-order valence-corrected chi connectivity index (χ0v) is 20.4. The molecule has 0 saturated carbocycles. The molecule has 3 rings (SSSR count). The van der Waals surface area contributed by atoms with Crippen molar-refractivity contribution in [3.05, 3.63) is 99.6 Å². The summed E-state index contributed by atoms with van der Waals surface area (Å²) >= 11 is 12.2. The first-order valence-electron chi connectivity index (χ1n) is 10.4. The lowest BCUT2D eigenvalue weighted by atomic mass is 10.0. The number of amides is 1. The van der Waals surface area contributed by atoms with Crippen LogP contribution < -0.4 is 14.8 Å². The average molecular weight is 509 g/mol. The zero-order valence-electron chi connectivity index (χ0n) is 18.8. The first kappa shape index (κ1) is 25.7. The first-order valence-corrected chi connectivity index (χ1v) is 11.2. The summed E-state index contributed by atoms with van der Waals surface area (Å²) < 4.78 is 11.6. The van der Waals surface area contributed by atoms with E-state index in [1.54, 1.807) is 36.4 Å². The Morgan fingerprint density at radius 3 is 2.51 bits per heavy atom. The molecule has 0 aliphatic rings. The Labute approximate surface area is 213 Å². The van der Waals surface area contributed by atoms with Gasteiger partial charge in [-0.15, -0.1) is 6.58 Å². The van der Waals surface area contributed by atoms with Crippen LogP contribution in [-0.4, -0.2) is 18.1 Å². The predicted octanol–water partition coefficient (Wildman–Crippen LogP) is 6.56. The van der Waals surface area contributed by atoms with Gasteiger partial charge in [-0.1, -0.05) is 35.3 Å². The Hall–Kier alpha value is -3.92. The summed E-state index contributed by atoms with van der Waals surface area (Å²) in [5, 5.41) is 22.6. The predicted molar refractivity (Wildman–Crippen MR) is 138 cm³/mol. The van der Waals surface area contributed by atoms with Crippen LogP contribution in [-0.2, 0) is 17.8 Å². The van der Waals surface area contributed by atoms with Gasteiger partial charge in [0.1, 0.15) is 24.0 Å². The second-order valence-corrected chi connectivity index (χ2v) is 8.24. The lowest BCUT2D eigenvalue weighted by molar-refractivity contribution is -0.112. The van der Waals surface area contributed by atoms with Gasteiger partial charge in [-0.25, -0.2) is 0 Å². The number of allylic oxidation sites excluding steroid dienone is 1. The number of carbonyl (C=O) groups is 1. The van der Waals surface area contributed by atoms with E-state index < -0.39 is 5.91 Å². The lowest BCUT2D eigenvalue weighted by Crippen LogP contribution is -2.13. The van der Waals surface area contributed by atoms with Crippen molar-refractivity contribution >= 4 is 40.9 Å². The molecule has 0 aliphatic heterocycles. The summed E-state index contributed by atoms with van der Waals surface area (Å²) in [6.07, 6.45) is 3.64. The van der Waals surface area contributed by atoms with Crippen molar-refractivity contribution in [1.82, 2.24) is 0 Å². The van der Waals surface area contributed by atoms with Gasteiger partial charge in [-0.3, -0.25) is 4.79 Å². The fourth-order valence-corrected chi connectivity index (χ4v) is 3.70. The molecule has 0 spiro atoms. The van der Waals surface area contributed by atoms with Crippen LogP contribution in [0.2, 0.25) is 10.0 Å². The molecular formula is C27H22Cl2N2O4. The largest absolute Gasteiger partial charge is 0.508 e. The number of benzene rings is 3. The van der Waals surface area contributed by atoms with Crippen molar-refractivity contribution in [2.24, 2.45) is 0 Å². The highest BCUT2D eigenvalue weighted by molar-refractivity contribution is 6.35. The van der Waals surface area contributed by atoms with Crippen LogP contribution in [0.15, 0.2) is 72.8 Å². The van der Waals surface area contributed by atoms with E-state index in [0.29, 0.717) is 39.2 Å². The van der Waals surface area contributed by atoms with Crippen LogP contribution in [0.4, 0.5) is 5.69 Å². The number of methoxy groups -OCH3 is 1.